The molecule has 2 saturated heterocycles. The molecule has 0 aromatic carbocycles. The fraction of sp³-hybridized carbons (Fsp3) is 0.609. The molecule has 2 fully saturated rings. The average molecular weight is 487 g/mol. The molecule has 0 unspecified atom stereocenters. The van der Waals surface area contributed by atoms with Crippen molar-refractivity contribution in [1.29, 1.82) is 10.5 Å². The molecule has 1 aromatic rings. The summed E-state index contributed by atoms with van der Waals surface area (Å²) in [5.41, 5.74) is -0.439. The number of amides is 2. The van der Waals surface area contributed by atoms with E-state index in [-0.39, 0.29) is 25.2 Å². The third kappa shape index (κ3) is 5.37. The molecule has 0 aliphatic carbocycles. The van der Waals surface area contributed by atoms with E-state index in [9.17, 15) is 20.1 Å². The van der Waals surface area contributed by atoms with Crippen molar-refractivity contribution >= 4 is 30.4 Å². The molecular formula is C23H30N6O4S. The number of nitrogens with zero attached hydrogens (tertiary/aromatic N) is 4. The largest absolute Gasteiger partial charge is 0.444 e. The number of carbonyl (C=O) groups excluding carboxylic acids is 2. The Labute approximate surface area is 205 Å². The number of thiol groups is 1. The highest BCUT2D eigenvalue weighted by Crippen LogP contribution is 2.30. The van der Waals surface area contributed by atoms with Crippen molar-refractivity contribution in [3.8, 4) is 12.1 Å². The van der Waals surface area contributed by atoms with Crippen LogP contribution in [0.25, 0.3) is 0 Å². The molecule has 0 atom stereocenters. The Kier molecular flexibility index (Phi) is 7.59. The van der Waals surface area contributed by atoms with Crippen LogP contribution in [0.5, 0.6) is 0 Å². The Morgan fingerprint density at radius 3 is 2.32 bits per heavy atom. The van der Waals surface area contributed by atoms with Gasteiger partial charge in [0.25, 0.3) is 5.91 Å². The first-order chi connectivity index (χ1) is 16.0. The molecule has 34 heavy (non-hydrogen) atoms. The molecule has 3 heterocycles. The summed E-state index contributed by atoms with van der Waals surface area (Å²) in [6.07, 6.45) is 1.12. The van der Waals surface area contributed by atoms with Gasteiger partial charge in [-0.3, -0.25) is 4.79 Å². The minimum absolute atomic E-state index is 0.0854. The summed E-state index contributed by atoms with van der Waals surface area (Å²) in [5, 5.41) is 25.2. The molecule has 0 saturated carbocycles. The van der Waals surface area contributed by atoms with Crippen LogP contribution in [-0.2, 0) is 20.7 Å². The molecule has 0 spiro atoms. The Balaban J connectivity index is 1.65. The van der Waals surface area contributed by atoms with Crippen molar-refractivity contribution in [2.75, 3.05) is 31.2 Å². The van der Waals surface area contributed by atoms with Gasteiger partial charge in [-0.2, -0.15) is 10.5 Å². The smallest absolute Gasteiger partial charge is 0.408 e. The lowest BCUT2D eigenvalue weighted by atomic mass is 9.94. The summed E-state index contributed by atoms with van der Waals surface area (Å²) in [6.45, 7) is 8.46. The Hall–Kier alpha value is -3.02. The van der Waals surface area contributed by atoms with Crippen LogP contribution in [0.2, 0.25) is 0 Å². The van der Waals surface area contributed by atoms with E-state index < -0.39 is 17.2 Å². The first kappa shape index (κ1) is 25.6. The normalized spacial score (nSPS) is 17.7. The predicted octanol–water partition coefficient (Wildman–Crippen LogP) is 2.05. The zero-order valence-corrected chi connectivity index (χ0v) is 20.8. The molecule has 2 aliphatic rings. The third-order valence-corrected chi connectivity index (χ3v) is 6.16. The van der Waals surface area contributed by atoms with Crippen LogP contribution in [-0.4, -0.2) is 60.5 Å². The van der Waals surface area contributed by atoms with E-state index in [1.807, 2.05) is 11.8 Å². The van der Waals surface area contributed by atoms with Crippen molar-refractivity contribution in [1.82, 2.24) is 15.6 Å². The molecular weight excluding hydrogens is 456 g/mol. The highest BCUT2D eigenvalue weighted by atomic mass is 32.1. The molecule has 182 valence electrons. The molecule has 2 aliphatic heterocycles. The molecule has 0 bridgehead atoms. The lowest BCUT2D eigenvalue weighted by Crippen LogP contribution is -2.71. The Morgan fingerprint density at radius 1 is 1.24 bits per heavy atom. The first-order valence-corrected chi connectivity index (χ1v) is 11.7. The number of anilines is 1. The molecule has 2 amide bonds. The lowest BCUT2D eigenvalue weighted by molar-refractivity contribution is -0.148. The van der Waals surface area contributed by atoms with E-state index in [2.05, 4.69) is 40.4 Å². The van der Waals surface area contributed by atoms with Gasteiger partial charge in [-0.15, -0.1) is 12.6 Å². The van der Waals surface area contributed by atoms with E-state index in [1.165, 1.54) is 0 Å². The maximum Gasteiger partial charge on any atom is 0.408 e. The van der Waals surface area contributed by atoms with Gasteiger partial charge in [0.15, 0.2) is 5.54 Å². The van der Waals surface area contributed by atoms with Crippen LogP contribution in [0.4, 0.5) is 10.6 Å². The van der Waals surface area contributed by atoms with Crippen molar-refractivity contribution < 1.29 is 19.1 Å². The maximum atomic E-state index is 13.0. The fourth-order valence-electron chi connectivity index (χ4n) is 4.05. The van der Waals surface area contributed by atoms with Gasteiger partial charge < -0.3 is 25.0 Å². The van der Waals surface area contributed by atoms with Crippen LogP contribution in [0.1, 0.15) is 57.2 Å². The minimum Gasteiger partial charge on any atom is -0.444 e. The van der Waals surface area contributed by atoms with Crippen LogP contribution in [0, 0.1) is 22.7 Å². The van der Waals surface area contributed by atoms with E-state index in [4.69, 9.17) is 9.47 Å². The number of hydrogen-bond acceptors (Lipinski definition) is 9. The van der Waals surface area contributed by atoms with Gasteiger partial charge >= 0.3 is 6.09 Å². The van der Waals surface area contributed by atoms with Crippen molar-refractivity contribution in [3.63, 3.8) is 0 Å². The number of hydrogen-bond donors (Lipinski definition) is 3. The summed E-state index contributed by atoms with van der Waals surface area (Å²) in [6, 6.07) is 4.19. The molecule has 3 rings (SSSR count). The summed E-state index contributed by atoms with van der Waals surface area (Å²) >= 11 is 4.36. The van der Waals surface area contributed by atoms with Gasteiger partial charge in [-0.1, -0.05) is 6.92 Å². The number of nitrogens with one attached hydrogen (secondary N) is 2. The number of aromatic nitrogens is 1. The van der Waals surface area contributed by atoms with E-state index in [1.54, 1.807) is 20.8 Å². The maximum absolute atomic E-state index is 13.0. The van der Waals surface area contributed by atoms with Gasteiger partial charge in [0, 0.05) is 19.1 Å². The monoisotopic (exact) mass is 486 g/mol. The topological polar surface area (TPSA) is 140 Å². The SMILES string of the molecule is CCc1c(C#N)c(S)nc(N2CCC(NC(=O)C3(NC(=O)OC(C)(C)C)COC3)CC2)c1C#N. The van der Waals surface area contributed by atoms with Crippen LogP contribution in [0.3, 0.4) is 0 Å². The summed E-state index contributed by atoms with van der Waals surface area (Å²) < 4.78 is 10.5. The van der Waals surface area contributed by atoms with Crippen LogP contribution in [0.15, 0.2) is 5.03 Å². The summed E-state index contributed by atoms with van der Waals surface area (Å²) in [5.74, 6) is 0.215. The predicted molar refractivity (Wildman–Crippen MR) is 127 cm³/mol. The second-order valence-electron chi connectivity index (χ2n) is 9.50. The number of ether oxygens (including phenoxy) is 2. The third-order valence-electron chi connectivity index (χ3n) is 5.84. The molecule has 1 aromatic heterocycles. The van der Waals surface area contributed by atoms with E-state index >= 15 is 0 Å². The van der Waals surface area contributed by atoms with Crippen LogP contribution >= 0.6 is 12.6 Å². The molecule has 10 nitrogen and oxygen atoms in total. The zero-order chi connectivity index (χ0) is 25.1. The van der Waals surface area contributed by atoms with Crippen molar-refractivity contribution in [2.24, 2.45) is 0 Å². The second-order valence-corrected chi connectivity index (χ2v) is 9.92. The highest BCUT2D eigenvalue weighted by molar-refractivity contribution is 7.80. The minimum atomic E-state index is -1.14. The molecule has 11 heteroatoms. The van der Waals surface area contributed by atoms with Gasteiger partial charge in [-0.05, 0) is 45.6 Å². The quantitative estimate of drug-likeness (QED) is 0.537. The van der Waals surface area contributed by atoms with Crippen molar-refractivity contribution in [3.05, 3.63) is 16.7 Å². The van der Waals surface area contributed by atoms with Gasteiger partial charge in [-0.25, -0.2) is 9.78 Å². The van der Waals surface area contributed by atoms with Crippen LogP contribution < -0.4 is 15.5 Å². The first-order valence-electron chi connectivity index (χ1n) is 11.2. The highest BCUT2D eigenvalue weighted by Gasteiger charge is 2.48. The number of piperidine rings is 1. The number of pyridine rings is 1. The standard InChI is InChI=1S/C23H30N6O4S/c1-5-15-16(10-24)18(27-19(34)17(15)11-25)29-8-6-14(7-9-29)26-20(30)23(12-32-13-23)28-21(31)33-22(2,3)4/h14H,5-9,12-13H2,1-4H3,(H,26,30)(H,27,34)(H,28,31). The number of rotatable bonds is 5. The average Bonchev–Trinajstić information content (AvgIpc) is 2.74. The summed E-state index contributed by atoms with van der Waals surface area (Å²) in [4.78, 5) is 31.6. The lowest BCUT2D eigenvalue weighted by Gasteiger charge is -2.42. The van der Waals surface area contributed by atoms with Crippen molar-refractivity contribution in [2.45, 2.75) is 69.2 Å². The van der Waals surface area contributed by atoms with E-state index in [0.29, 0.717) is 59.9 Å². The summed E-state index contributed by atoms with van der Waals surface area (Å²) in [7, 11) is 0. The number of alkyl carbamates (subject to hydrolysis) is 1. The Morgan fingerprint density at radius 2 is 1.85 bits per heavy atom. The molecule has 2 N–H and O–H groups in total. The number of carbonyl (C=O) groups is 2. The zero-order valence-electron chi connectivity index (χ0n) is 19.9. The molecule has 0 radical (unpaired) electrons. The second kappa shape index (κ2) is 10.1. The number of nitriles is 2. The Bertz CT molecular complexity index is 1040. The van der Waals surface area contributed by atoms with E-state index in [0.717, 1.165) is 0 Å². The van der Waals surface area contributed by atoms with Gasteiger partial charge in [0.1, 0.15) is 28.6 Å². The fourth-order valence-corrected chi connectivity index (χ4v) is 4.33. The van der Waals surface area contributed by atoms with Gasteiger partial charge in [0.05, 0.1) is 24.3 Å². The van der Waals surface area contributed by atoms with Gasteiger partial charge in [0.2, 0.25) is 0 Å².